The van der Waals surface area contributed by atoms with Crippen LogP contribution in [0.5, 0.6) is 5.75 Å². The highest BCUT2D eigenvalue weighted by Gasteiger charge is 2.23. The van der Waals surface area contributed by atoms with Crippen molar-refractivity contribution < 1.29 is 18.3 Å². The van der Waals surface area contributed by atoms with E-state index in [4.69, 9.17) is 10.00 Å². The molecule has 2 heterocycles. The van der Waals surface area contributed by atoms with Gasteiger partial charge in [-0.2, -0.15) is 14.0 Å². The van der Waals surface area contributed by atoms with Crippen LogP contribution >= 0.6 is 0 Å². The van der Waals surface area contributed by atoms with E-state index in [9.17, 15) is 8.78 Å². The van der Waals surface area contributed by atoms with E-state index in [1.807, 2.05) is 19.1 Å². The van der Waals surface area contributed by atoms with Gasteiger partial charge in [0, 0.05) is 13.1 Å². The first-order chi connectivity index (χ1) is 12.1. The summed E-state index contributed by atoms with van der Waals surface area (Å²) < 4.78 is 34.6. The molecule has 7 heteroatoms. The number of nitrogens with zero attached hydrogens (tertiary/aromatic N) is 3. The number of hydrogen-bond acceptors (Lipinski definition) is 5. The summed E-state index contributed by atoms with van der Waals surface area (Å²) in [6.07, 6.45) is -0.206. The third kappa shape index (κ3) is 4.03. The Kier molecular flexibility index (Phi) is 5.10. The normalized spacial score (nSPS) is 17.4. The summed E-state index contributed by atoms with van der Waals surface area (Å²) in [5.74, 6) is 0.846. The summed E-state index contributed by atoms with van der Waals surface area (Å²) in [7, 11) is 0. The number of alkyl halides is 2. The molecule has 130 valence electrons. The first kappa shape index (κ1) is 17.1. The van der Waals surface area contributed by atoms with Crippen molar-refractivity contribution in [2.75, 3.05) is 24.6 Å². The number of rotatable bonds is 4. The lowest BCUT2D eigenvalue weighted by atomic mass is 10.1. The van der Waals surface area contributed by atoms with Crippen LogP contribution in [-0.2, 0) is 4.74 Å². The van der Waals surface area contributed by atoms with Crippen LogP contribution < -0.4 is 9.64 Å². The lowest BCUT2D eigenvalue weighted by Crippen LogP contribution is -2.39. The maximum atomic E-state index is 12.2. The summed E-state index contributed by atoms with van der Waals surface area (Å²) in [4.78, 5) is 6.45. The Bertz CT molecular complexity index is 775. The van der Waals surface area contributed by atoms with Crippen LogP contribution in [0.1, 0.15) is 22.9 Å². The molecule has 0 spiro atoms. The number of hydrogen-bond donors (Lipinski definition) is 0. The third-order valence-corrected chi connectivity index (χ3v) is 4.06. The molecule has 0 saturated carbocycles. The Morgan fingerprint density at radius 2 is 2.04 bits per heavy atom. The van der Waals surface area contributed by atoms with E-state index < -0.39 is 6.61 Å². The molecule has 0 radical (unpaired) electrons. The van der Waals surface area contributed by atoms with E-state index in [1.54, 1.807) is 12.1 Å². The van der Waals surface area contributed by atoms with Crippen LogP contribution in [0.4, 0.5) is 14.6 Å². The van der Waals surface area contributed by atoms with Crippen LogP contribution in [-0.4, -0.2) is 31.3 Å². The van der Waals surface area contributed by atoms with Crippen LogP contribution in [0.2, 0.25) is 0 Å². The zero-order chi connectivity index (χ0) is 17.8. The first-order valence-electron chi connectivity index (χ1n) is 7.86. The largest absolute Gasteiger partial charge is 0.435 e. The van der Waals surface area contributed by atoms with Gasteiger partial charge in [0.1, 0.15) is 29.4 Å². The highest BCUT2D eigenvalue weighted by Crippen LogP contribution is 2.27. The summed E-state index contributed by atoms with van der Waals surface area (Å²) in [6.45, 7) is 0.756. The number of anilines is 1. The second-order valence-corrected chi connectivity index (χ2v) is 5.70. The van der Waals surface area contributed by atoms with Crippen molar-refractivity contribution in [2.24, 2.45) is 0 Å². The molecular formula is C18H17F2N3O2. The van der Waals surface area contributed by atoms with Crippen LogP contribution in [0.25, 0.3) is 0 Å². The quantitative estimate of drug-likeness (QED) is 0.850. The third-order valence-electron chi connectivity index (χ3n) is 4.06. The molecule has 1 atom stereocenters. The standard InChI is InChI=1S/C18H17F2N3O2/c1-12-2-7-17(22-15(12)10-21)23-8-9-24-16(11-23)13-3-5-14(6-4-13)25-18(19)20/h2-7,16,18H,8-9,11H2,1H3. The predicted octanol–water partition coefficient (Wildman–Crippen LogP) is 3.44. The number of morpholine rings is 1. The van der Waals surface area contributed by atoms with Gasteiger partial charge < -0.3 is 14.4 Å². The maximum absolute atomic E-state index is 12.2. The first-order valence-corrected chi connectivity index (χ1v) is 7.86. The van der Waals surface area contributed by atoms with Gasteiger partial charge in [0.25, 0.3) is 0 Å². The Balaban J connectivity index is 1.74. The Labute approximate surface area is 144 Å². The van der Waals surface area contributed by atoms with E-state index in [0.717, 1.165) is 16.9 Å². The number of benzene rings is 1. The number of aromatic nitrogens is 1. The lowest BCUT2D eigenvalue weighted by molar-refractivity contribution is -0.0498. The molecule has 0 N–H and O–H groups in total. The van der Waals surface area contributed by atoms with Crippen LogP contribution in [0.3, 0.4) is 0 Å². The minimum absolute atomic E-state index is 0.116. The van der Waals surface area contributed by atoms with Gasteiger partial charge in [-0.05, 0) is 36.2 Å². The molecule has 25 heavy (non-hydrogen) atoms. The smallest absolute Gasteiger partial charge is 0.387 e. The molecule has 1 saturated heterocycles. The van der Waals surface area contributed by atoms with E-state index in [2.05, 4.69) is 20.7 Å². The number of ether oxygens (including phenoxy) is 2. The fourth-order valence-corrected chi connectivity index (χ4v) is 2.73. The Morgan fingerprint density at radius 3 is 2.72 bits per heavy atom. The van der Waals surface area contributed by atoms with Crippen molar-refractivity contribution in [1.82, 2.24) is 4.98 Å². The number of pyridine rings is 1. The zero-order valence-electron chi connectivity index (χ0n) is 13.7. The fraction of sp³-hybridized carbons (Fsp3) is 0.333. The molecule has 1 aromatic heterocycles. The van der Waals surface area contributed by atoms with Crippen molar-refractivity contribution in [3.8, 4) is 11.8 Å². The molecule has 1 fully saturated rings. The highest BCUT2D eigenvalue weighted by atomic mass is 19.3. The van der Waals surface area contributed by atoms with Gasteiger partial charge in [-0.1, -0.05) is 18.2 Å². The molecule has 1 aliphatic heterocycles. The SMILES string of the molecule is Cc1ccc(N2CCOC(c3ccc(OC(F)F)cc3)C2)nc1C#N. The number of halogens is 2. The van der Waals surface area contributed by atoms with Gasteiger partial charge in [0.15, 0.2) is 0 Å². The second-order valence-electron chi connectivity index (χ2n) is 5.70. The molecule has 5 nitrogen and oxygen atoms in total. The minimum Gasteiger partial charge on any atom is -0.435 e. The van der Waals surface area contributed by atoms with E-state index >= 15 is 0 Å². The highest BCUT2D eigenvalue weighted by molar-refractivity contribution is 5.45. The van der Waals surface area contributed by atoms with Gasteiger partial charge in [0.2, 0.25) is 0 Å². The van der Waals surface area contributed by atoms with Crippen molar-refractivity contribution >= 4 is 5.82 Å². The number of aryl methyl sites for hydroxylation is 1. The Hall–Kier alpha value is -2.72. The van der Waals surface area contributed by atoms with E-state index in [-0.39, 0.29) is 11.9 Å². The molecule has 0 aliphatic carbocycles. The van der Waals surface area contributed by atoms with Crippen molar-refractivity contribution in [3.63, 3.8) is 0 Å². The van der Waals surface area contributed by atoms with E-state index in [1.165, 1.54) is 12.1 Å². The minimum atomic E-state index is -2.84. The van der Waals surface area contributed by atoms with Crippen molar-refractivity contribution in [1.29, 1.82) is 5.26 Å². The molecule has 0 bridgehead atoms. The second kappa shape index (κ2) is 7.45. The fourth-order valence-electron chi connectivity index (χ4n) is 2.73. The number of nitriles is 1. The zero-order valence-corrected chi connectivity index (χ0v) is 13.7. The average molecular weight is 345 g/mol. The molecule has 0 amide bonds. The molecule has 3 rings (SSSR count). The van der Waals surface area contributed by atoms with E-state index in [0.29, 0.717) is 25.4 Å². The van der Waals surface area contributed by atoms with Gasteiger partial charge in [0.05, 0.1) is 6.61 Å². The lowest BCUT2D eigenvalue weighted by Gasteiger charge is -2.34. The summed E-state index contributed by atoms with van der Waals surface area (Å²) in [5, 5.41) is 9.14. The van der Waals surface area contributed by atoms with Crippen molar-refractivity contribution in [2.45, 2.75) is 19.6 Å². The van der Waals surface area contributed by atoms with Crippen molar-refractivity contribution in [3.05, 3.63) is 53.2 Å². The van der Waals surface area contributed by atoms with Gasteiger partial charge in [-0.15, -0.1) is 0 Å². The van der Waals surface area contributed by atoms with Crippen LogP contribution in [0.15, 0.2) is 36.4 Å². The average Bonchev–Trinajstić information content (AvgIpc) is 2.62. The Morgan fingerprint density at radius 1 is 1.28 bits per heavy atom. The van der Waals surface area contributed by atoms with Gasteiger partial charge >= 0.3 is 6.61 Å². The topological polar surface area (TPSA) is 58.4 Å². The summed E-state index contributed by atoms with van der Waals surface area (Å²) in [6, 6.07) is 12.3. The maximum Gasteiger partial charge on any atom is 0.387 e. The monoisotopic (exact) mass is 345 g/mol. The summed E-state index contributed by atoms with van der Waals surface area (Å²) in [5.41, 5.74) is 2.12. The molecule has 1 aromatic carbocycles. The van der Waals surface area contributed by atoms with Crippen LogP contribution in [0, 0.1) is 18.3 Å². The molecule has 2 aromatic rings. The van der Waals surface area contributed by atoms with Gasteiger partial charge in [-0.3, -0.25) is 0 Å². The van der Waals surface area contributed by atoms with Gasteiger partial charge in [-0.25, -0.2) is 4.98 Å². The predicted molar refractivity (Wildman–Crippen MR) is 87.7 cm³/mol. The molecule has 1 unspecified atom stereocenters. The molecular weight excluding hydrogens is 328 g/mol. The summed E-state index contributed by atoms with van der Waals surface area (Å²) >= 11 is 0. The molecule has 1 aliphatic rings.